The SMILES string of the molecule is CCc1c(Cl)ncnc1-c1csc(C)c1. The Hall–Kier alpha value is -0.930. The van der Waals surface area contributed by atoms with Crippen LogP contribution in [0.2, 0.25) is 5.15 Å². The highest BCUT2D eigenvalue weighted by atomic mass is 35.5. The van der Waals surface area contributed by atoms with Crippen molar-refractivity contribution in [3.05, 3.63) is 33.4 Å². The summed E-state index contributed by atoms with van der Waals surface area (Å²) in [6, 6.07) is 2.13. The summed E-state index contributed by atoms with van der Waals surface area (Å²) in [5.74, 6) is 0. The van der Waals surface area contributed by atoms with Gasteiger partial charge < -0.3 is 0 Å². The lowest BCUT2D eigenvalue weighted by atomic mass is 10.1. The van der Waals surface area contributed by atoms with E-state index in [1.165, 1.54) is 11.2 Å². The zero-order chi connectivity index (χ0) is 10.8. The maximum absolute atomic E-state index is 6.04. The van der Waals surface area contributed by atoms with Gasteiger partial charge in [0.1, 0.15) is 11.5 Å². The van der Waals surface area contributed by atoms with Gasteiger partial charge in [0.15, 0.2) is 0 Å². The van der Waals surface area contributed by atoms with E-state index in [0.717, 1.165) is 23.2 Å². The molecule has 0 atom stereocenters. The molecule has 0 aliphatic carbocycles. The van der Waals surface area contributed by atoms with Crippen LogP contribution in [0.1, 0.15) is 17.4 Å². The number of halogens is 1. The van der Waals surface area contributed by atoms with Crippen molar-refractivity contribution in [3.63, 3.8) is 0 Å². The van der Waals surface area contributed by atoms with Crippen molar-refractivity contribution in [2.75, 3.05) is 0 Å². The molecule has 2 aromatic rings. The van der Waals surface area contributed by atoms with E-state index in [2.05, 4.69) is 35.3 Å². The summed E-state index contributed by atoms with van der Waals surface area (Å²) in [5, 5.41) is 2.67. The average Bonchev–Trinajstić information content (AvgIpc) is 2.64. The van der Waals surface area contributed by atoms with Gasteiger partial charge in [-0.3, -0.25) is 0 Å². The molecule has 78 valence electrons. The number of aryl methyl sites for hydroxylation is 1. The van der Waals surface area contributed by atoms with Crippen LogP contribution >= 0.6 is 22.9 Å². The lowest BCUT2D eigenvalue weighted by molar-refractivity contribution is 1.05. The Labute approximate surface area is 98.0 Å². The van der Waals surface area contributed by atoms with Crippen molar-refractivity contribution in [2.24, 2.45) is 0 Å². The molecule has 0 unspecified atom stereocenters. The van der Waals surface area contributed by atoms with Crippen LogP contribution in [-0.4, -0.2) is 9.97 Å². The summed E-state index contributed by atoms with van der Waals surface area (Å²) >= 11 is 7.76. The smallest absolute Gasteiger partial charge is 0.136 e. The largest absolute Gasteiger partial charge is 0.236 e. The molecule has 0 fully saturated rings. The van der Waals surface area contributed by atoms with Crippen LogP contribution in [0.4, 0.5) is 0 Å². The summed E-state index contributed by atoms with van der Waals surface area (Å²) in [6.45, 7) is 4.15. The highest BCUT2D eigenvalue weighted by molar-refractivity contribution is 7.10. The summed E-state index contributed by atoms with van der Waals surface area (Å²) < 4.78 is 0. The predicted octanol–water partition coefficient (Wildman–Crippen LogP) is 3.73. The van der Waals surface area contributed by atoms with Gasteiger partial charge in [-0.25, -0.2) is 9.97 Å². The molecule has 4 heteroatoms. The molecule has 0 saturated carbocycles. The first-order chi connectivity index (χ1) is 7.22. The lowest BCUT2D eigenvalue weighted by Gasteiger charge is -2.05. The number of hydrogen-bond acceptors (Lipinski definition) is 3. The maximum Gasteiger partial charge on any atom is 0.136 e. The predicted molar refractivity (Wildman–Crippen MR) is 64.5 cm³/mol. The first kappa shape index (κ1) is 10.6. The van der Waals surface area contributed by atoms with Gasteiger partial charge >= 0.3 is 0 Å². The quantitative estimate of drug-likeness (QED) is 0.745. The molecule has 0 radical (unpaired) electrons. The van der Waals surface area contributed by atoms with Crippen molar-refractivity contribution < 1.29 is 0 Å². The lowest BCUT2D eigenvalue weighted by Crippen LogP contribution is -1.94. The standard InChI is InChI=1S/C11H11ClN2S/c1-3-9-10(13-6-14-11(9)12)8-4-7(2)15-5-8/h4-6H,3H2,1-2H3. The Bertz CT molecular complexity index is 479. The second-order valence-electron chi connectivity index (χ2n) is 3.29. The molecule has 0 amide bonds. The Morgan fingerprint density at radius 3 is 2.80 bits per heavy atom. The van der Waals surface area contributed by atoms with Crippen LogP contribution in [0.15, 0.2) is 17.8 Å². The third kappa shape index (κ3) is 2.03. The Morgan fingerprint density at radius 1 is 1.40 bits per heavy atom. The highest BCUT2D eigenvalue weighted by Gasteiger charge is 2.10. The van der Waals surface area contributed by atoms with E-state index >= 15 is 0 Å². The minimum atomic E-state index is 0.561. The van der Waals surface area contributed by atoms with E-state index in [1.807, 2.05) is 0 Å². The topological polar surface area (TPSA) is 25.8 Å². The van der Waals surface area contributed by atoms with Crippen LogP contribution in [0.3, 0.4) is 0 Å². The molecule has 0 aliphatic heterocycles. The summed E-state index contributed by atoms with van der Waals surface area (Å²) in [4.78, 5) is 9.59. The van der Waals surface area contributed by atoms with E-state index in [4.69, 9.17) is 11.6 Å². The molecule has 2 heterocycles. The summed E-state index contributed by atoms with van der Waals surface area (Å²) in [6.07, 6.45) is 2.37. The molecule has 0 saturated heterocycles. The molecule has 15 heavy (non-hydrogen) atoms. The summed E-state index contributed by atoms with van der Waals surface area (Å²) in [7, 11) is 0. The van der Waals surface area contributed by atoms with E-state index in [0.29, 0.717) is 5.15 Å². The Balaban J connectivity index is 2.57. The minimum Gasteiger partial charge on any atom is -0.236 e. The summed E-state index contributed by atoms with van der Waals surface area (Å²) in [5.41, 5.74) is 3.12. The highest BCUT2D eigenvalue weighted by Crippen LogP contribution is 2.29. The molecule has 2 nitrogen and oxygen atoms in total. The van der Waals surface area contributed by atoms with Gasteiger partial charge in [-0.1, -0.05) is 18.5 Å². The zero-order valence-corrected chi connectivity index (χ0v) is 10.2. The first-order valence-electron chi connectivity index (χ1n) is 4.77. The van der Waals surface area contributed by atoms with Gasteiger partial charge in [0, 0.05) is 21.4 Å². The Kier molecular flexibility index (Phi) is 3.03. The number of aromatic nitrogens is 2. The van der Waals surface area contributed by atoms with Crippen LogP contribution in [0.5, 0.6) is 0 Å². The van der Waals surface area contributed by atoms with Gasteiger partial charge in [-0.15, -0.1) is 11.3 Å². The monoisotopic (exact) mass is 238 g/mol. The second-order valence-corrected chi connectivity index (χ2v) is 4.76. The van der Waals surface area contributed by atoms with Crippen LogP contribution in [0.25, 0.3) is 11.3 Å². The second kappa shape index (κ2) is 4.29. The van der Waals surface area contributed by atoms with Gasteiger partial charge in [0.25, 0.3) is 0 Å². The molecular formula is C11H11ClN2S. The van der Waals surface area contributed by atoms with Crippen molar-refractivity contribution in [2.45, 2.75) is 20.3 Å². The van der Waals surface area contributed by atoms with Gasteiger partial charge in [-0.05, 0) is 19.4 Å². The third-order valence-corrected chi connectivity index (χ3v) is 3.44. The van der Waals surface area contributed by atoms with Gasteiger partial charge in [0.2, 0.25) is 0 Å². The zero-order valence-electron chi connectivity index (χ0n) is 8.62. The Morgan fingerprint density at radius 2 is 2.20 bits per heavy atom. The van der Waals surface area contributed by atoms with E-state index < -0.39 is 0 Å². The molecule has 2 rings (SSSR count). The number of nitrogens with zero attached hydrogens (tertiary/aromatic N) is 2. The molecule has 0 bridgehead atoms. The van der Waals surface area contributed by atoms with Gasteiger partial charge in [0.05, 0.1) is 5.69 Å². The van der Waals surface area contributed by atoms with Crippen molar-refractivity contribution in [3.8, 4) is 11.3 Å². The fraction of sp³-hybridized carbons (Fsp3) is 0.273. The van der Waals surface area contributed by atoms with Crippen molar-refractivity contribution >= 4 is 22.9 Å². The fourth-order valence-corrected chi connectivity index (χ4v) is 2.47. The average molecular weight is 239 g/mol. The maximum atomic E-state index is 6.04. The number of thiophene rings is 1. The van der Waals surface area contributed by atoms with E-state index in [1.54, 1.807) is 11.3 Å². The molecular weight excluding hydrogens is 228 g/mol. The molecule has 0 aromatic carbocycles. The fourth-order valence-electron chi connectivity index (χ4n) is 1.52. The first-order valence-corrected chi connectivity index (χ1v) is 6.03. The van der Waals surface area contributed by atoms with Crippen LogP contribution in [-0.2, 0) is 6.42 Å². The third-order valence-electron chi connectivity index (χ3n) is 2.25. The van der Waals surface area contributed by atoms with Crippen LogP contribution in [0, 0.1) is 6.92 Å². The molecule has 0 N–H and O–H groups in total. The number of hydrogen-bond donors (Lipinski definition) is 0. The van der Waals surface area contributed by atoms with Crippen LogP contribution < -0.4 is 0 Å². The molecule has 0 spiro atoms. The van der Waals surface area contributed by atoms with E-state index in [9.17, 15) is 0 Å². The molecule has 2 aromatic heterocycles. The van der Waals surface area contributed by atoms with Crippen molar-refractivity contribution in [1.29, 1.82) is 0 Å². The van der Waals surface area contributed by atoms with Crippen molar-refractivity contribution in [1.82, 2.24) is 9.97 Å². The normalized spacial score (nSPS) is 10.6. The van der Waals surface area contributed by atoms with Gasteiger partial charge in [-0.2, -0.15) is 0 Å². The molecule has 0 aliphatic rings. The van der Waals surface area contributed by atoms with E-state index in [-0.39, 0.29) is 0 Å². The minimum absolute atomic E-state index is 0.561. The number of rotatable bonds is 2.